The maximum Gasteiger partial charge on any atom is 0.310 e. The minimum absolute atomic E-state index is 0.00203. The molecule has 0 radical (unpaired) electrons. The molecular weight excluding hydrogens is 306 g/mol. The lowest BCUT2D eigenvalue weighted by Crippen LogP contribution is -2.55. The molecule has 22 heavy (non-hydrogen) atoms. The number of methoxy groups -OCH3 is 1. The average molecular weight is 329 g/mol. The van der Waals surface area contributed by atoms with Gasteiger partial charge in [-0.05, 0) is 6.42 Å². The lowest BCUT2D eigenvalue weighted by molar-refractivity contribution is -0.500. The second-order valence-corrected chi connectivity index (χ2v) is 11.5. The number of carbonyl (C=O) groups is 1. The van der Waals surface area contributed by atoms with Crippen molar-refractivity contribution in [3.05, 3.63) is 10.1 Å². The maximum atomic E-state index is 12.1. The van der Waals surface area contributed by atoms with Crippen molar-refractivity contribution in [2.24, 2.45) is 11.3 Å². The second kappa shape index (κ2) is 6.77. The van der Waals surface area contributed by atoms with Gasteiger partial charge in [0.2, 0.25) is 6.54 Å². The van der Waals surface area contributed by atoms with Crippen LogP contribution in [0.15, 0.2) is 0 Å². The Hall–Kier alpha value is -1.43. The number of hydrogen-bond acceptors (Lipinski definition) is 6. The van der Waals surface area contributed by atoms with Crippen LogP contribution in [0, 0.1) is 32.9 Å². The fraction of sp³-hybridized carbons (Fsp3) is 0.786. The lowest BCUT2D eigenvalue weighted by Gasteiger charge is -2.41. The van der Waals surface area contributed by atoms with Crippen LogP contribution in [0.25, 0.3) is 0 Å². The minimum atomic E-state index is -1.87. The van der Waals surface area contributed by atoms with Gasteiger partial charge < -0.3 is 14.9 Å². The fourth-order valence-corrected chi connectivity index (χ4v) is 3.28. The molecule has 1 rings (SSSR count). The number of ether oxygens (including phenoxy) is 1. The van der Waals surface area contributed by atoms with E-state index in [1.54, 1.807) is 0 Å². The van der Waals surface area contributed by atoms with Crippen molar-refractivity contribution in [1.29, 1.82) is 0 Å². The molecule has 1 fully saturated rings. The molecule has 0 aliphatic heterocycles. The van der Waals surface area contributed by atoms with Crippen molar-refractivity contribution in [2.75, 3.05) is 13.7 Å². The second-order valence-electron chi connectivity index (χ2n) is 6.75. The van der Waals surface area contributed by atoms with Crippen molar-refractivity contribution in [3.8, 4) is 11.5 Å². The molecule has 4 atom stereocenters. The summed E-state index contributed by atoms with van der Waals surface area (Å²) >= 11 is 0. The van der Waals surface area contributed by atoms with Crippen molar-refractivity contribution >= 4 is 14.0 Å². The predicted octanol–water partition coefficient (Wildman–Crippen LogP) is 0.435. The molecule has 0 aromatic rings. The van der Waals surface area contributed by atoms with E-state index in [1.807, 2.05) is 19.6 Å². The van der Waals surface area contributed by atoms with Gasteiger partial charge >= 0.3 is 5.97 Å². The number of rotatable bonds is 3. The highest BCUT2D eigenvalue weighted by molar-refractivity contribution is 6.83. The molecule has 7 nitrogen and oxygen atoms in total. The molecule has 0 spiro atoms. The standard InChI is InChI=1S/C14H23NO6Si/c1-21-13(18)11-7-10(16)8-12(17)14(11,9-15(19)20)5-6-22(2,3)4/h10-12,16-17H,7-9H2,1-4H3/t10-,11-,12-,14+/m0/s1. The Bertz CT molecular complexity index is 506. The van der Waals surface area contributed by atoms with E-state index in [2.05, 4.69) is 11.5 Å². The summed E-state index contributed by atoms with van der Waals surface area (Å²) in [7, 11) is -0.691. The maximum absolute atomic E-state index is 12.1. The summed E-state index contributed by atoms with van der Waals surface area (Å²) in [6, 6.07) is 0. The summed E-state index contributed by atoms with van der Waals surface area (Å²) in [6.07, 6.45) is -2.21. The highest BCUT2D eigenvalue weighted by Gasteiger charge is 2.56. The Kier molecular flexibility index (Phi) is 5.73. The Morgan fingerprint density at radius 1 is 1.41 bits per heavy atom. The van der Waals surface area contributed by atoms with Crippen LogP contribution in [0.1, 0.15) is 12.8 Å². The van der Waals surface area contributed by atoms with Crippen molar-refractivity contribution in [2.45, 2.75) is 44.7 Å². The molecule has 0 aromatic heterocycles. The number of aliphatic hydroxyl groups is 2. The monoisotopic (exact) mass is 329 g/mol. The molecule has 0 bridgehead atoms. The van der Waals surface area contributed by atoms with Gasteiger partial charge in [0.1, 0.15) is 13.5 Å². The predicted molar refractivity (Wildman–Crippen MR) is 82.2 cm³/mol. The third-order valence-corrected chi connectivity index (χ3v) is 4.64. The minimum Gasteiger partial charge on any atom is -0.469 e. The number of hydrogen-bond donors (Lipinski definition) is 2. The summed E-state index contributed by atoms with van der Waals surface area (Å²) in [4.78, 5) is 22.6. The quantitative estimate of drug-likeness (QED) is 0.255. The van der Waals surface area contributed by atoms with Gasteiger partial charge in [-0.2, -0.15) is 0 Å². The summed E-state index contributed by atoms with van der Waals surface area (Å²) in [5.41, 5.74) is 1.51. The van der Waals surface area contributed by atoms with Crippen molar-refractivity contribution in [3.63, 3.8) is 0 Å². The zero-order chi connectivity index (χ0) is 17.1. The van der Waals surface area contributed by atoms with Gasteiger partial charge in [0.05, 0.1) is 25.2 Å². The number of nitrogens with zero attached hydrogens (tertiary/aromatic N) is 1. The summed E-state index contributed by atoms with van der Waals surface area (Å²) in [5.74, 6) is 1.14. The Labute approximate surface area is 130 Å². The number of carbonyl (C=O) groups excluding carboxylic acids is 1. The first-order valence-electron chi connectivity index (χ1n) is 7.12. The van der Waals surface area contributed by atoms with Crippen molar-refractivity contribution in [1.82, 2.24) is 0 Å². The van der Waals surface area contributed by atoms with Crippen LogP contribution in [-0.4, -0.2) is 55.0 Å². The topological polar surface area (TPSA) is 110 Å². The molecule has 1 saturated carbocycles. The molecule has 0 heterocycles. The van der Waals surface area contributed by atoms with Crippen LogP contribution < -0.4 is 0 Å². The molecule has 0 amide bonds. The largest absolute Gasteiger partial charge is 0.469 e. The van der Waals surface area contributed by atoms with E-state index in [9.17, 15) is 25.1 Å². The summed E-state index contributed by atoms with van der Waals surface area (Å²) < 4.78 is 4.71. The normalized spacial score (nSPS) is 31.8. The van der Waals surface area contributed by atoms with E-state index in [-0.39, 0.29) is 12.8 Å². The van der Waals surface area contributed by atoms with E-state index in [1.165, 1.54) is 7.11 Å². The molecule has 2 N–H and O–H groups in total. The first-order chi connectivity index (χ1) is 10.0. The zero-order valence-corrected chi connectivity index (χ0v) is 14.3. The van der Waals surface area contributed by atoms with Crippen LogP contribution in [0.3, 0.4) is 0 Å². The van der Waals surface area contributed by atoms with Gasteiger partial charge in [-0.25, -0.2) is 0 Å². The highest BCUT2D eigenvalue weighted by Crippen LogP contribution is 2.42. The first-order valence-corrected chi connectivity index (χ1v) is 10.6. The van der Waals surface area contributed by atoms with Crippen LogP contribution in [0.4, 0.5) is 0 Å². The van der Waals surface area contributed by atoms with Gasteiger partial charge in [0, 0.05) is 11.3 Å². The van der Waals surface area contributed by atoms with Crippen LogP contribution >= 0.6 is 0 Å². The molecule has 124 valence electrons. The molecule has 1 aliphatic carbocycles. The number of aliphatic hydroxyl groups excluding tert-OH is 2. The average Bonchev–Trinajstić information content (AvgIpc) is 2.37. The number of esters is 1. The van der Waals surface area contributed by atoms with E-state index in [4.69, 9.17) is 4.74 Å². The molecule has 1 aliphatic rings. The fourth-order valence-electron chi connectivity index (χ4n) is 2.67. The molecule has 0 unspecified atom stereocenters. The van der Waals surface area contributed by atoms with Crippen LogP contribution in [0.2, 0.25) is 19.6 Å². The van der Waals surface area contributed by atoms with Crippen molar-refractivity contribution < 1.29 is 24.7 Å². The molecular formula is C14H23NO6Si. The summed E-state index contributed by atoms with van der Waals surface area (Å²) in [6.45, 7) is 5.25. The smallest absolute Gasteiger partial charge is 0.310 e. The Morgan fingerprint density at radius 2 is 2.00 bits per heavy atom. The molecule has 0 saturated heterocycles. The van der Waals surface area contributed by atoms with Gasteiger partial charge in [-0.15, -0.1) is 5.54 Å². The first kappa shape index (κ1) is 18.6. The van der Waals surface area contributed by atoms with Gasteiger partial charge in [-0.1, -0.05) is 25.6 Å². The van der Waals surface area contributed by atoms with Gasteiger partial charge in [-0.3, -0.25) is 14.9 Å². The van der Waals surface area contributed by atoms with Crippen LogP contribution in [-0.2, 0) is 9.53 Å². The SMILES string of the molecule is COC(=O)[C@@H]1C[C@H](O)C[C@H](O)[C@]1(C#C[Si](C)(C)C)C[N+](=O)[O-]. The highest BCUT2D eigenvalue weighted by atomic mass is 28.3. The summed E-state index contributed by atoms with van der Waals surface area (Å²) in [5, 5.41) is 31.3. The van der Waals surface area contributed by atoms with Gasteiger partial charge in [0.25, 0.3) is 0 Å². The lowest BCUT2D eigenvalue weighted by atomic mass is 9.64. The Balaban J connectivity index is 3.40. The number of nitro groups is 1. The van der Waals surface area contributed by atoms with E-state index >= 15 is 0 Å². The Morgan fingerprint density at radius 3 is 2.45 bits per heavy atom. The van der Waals surface area contributed by atoms with Gasteiger partial charge in [0.15, 0.2) is 0 Å². The van der Waals surface area contributed by atoms with Crippen LogP contribution in [0.5, 0.6) is 0 Å². The van der Waals surface area contributed by atoms with E-state index in [0.29, 0.717) is 0 Å². The third-order valence-electron chi connectivity index (χ3n) is 3.77. The van der Waals surface area contributed by atoms with E-state index in [0.717, 1.165) is 0 Å². The zero-order valence-electron chi connectivity index (χ0n) is 13.3. The third kappa shape index (κ3) is 4.29. The molecule has 8 heteroatoms. The van der Waals surface area contributed by atoms with E-state index < -0.39 is 49.1 Å². The molecule has 0 aromatic carbocycles.